The number of methoxy groups -OCH3 is 1. The molecule has 1 N–H and O–H groups in total. The summed E-state index contributed by atoms with van der Waals surface area (Å²) >= 11 is 3.35. The maximum Gasteiger partial charge on any atom is 0.255 e. The van der Waals surface area contributed by atoms with E-state index in [4.69, 9.17) is 9.15 Å². The normalized spacial score (nSPS) is 11.7. The van der Waals surface area contributed by atoms with E-state index in [9.17, 15) is 9.18 Å². The van der Waals surface area contributed by atoms with Crippen LogP contribution in [-0.4, -0.2) is 23.2 Å². The molecule has 1 aromatic heterocycles. The second-order valence-corrected chi connectivity index (χ2v) is 7.50. The zero-order valence-electron chi connectivity index (χ0n) is 16.4. The van der Waals surface area contributed by atoms with E-state index >= 15 is 0 Å². The monoisotopic (exact) mass is 481 g/mol. The van der Waals surface area contributed by atoms with Crippen LogP contribution in [0.1, 0.15) is 27.9 Å². The molecule has 0 unspecified atom stereocenters. The molecule has 6 nitrogen and oxygen atoms in total. The van der Waals surface area contributed by atoms with Crippen LogP contribution < -0.4 is 10.1 Å². The summed E-state index contributed by atoms with van der Waals surface area (Å²) < 4.78 is 26.5. The fourth-order valence-corrected chi connectivity index (χ4v) is 3.46. The largest absolute Gasteiger partial charge is 0.496 e. The molecule has 0 aliphatic heterocycles. The van der Waals surface area contributed by atoms with Gasteiger partial charge in [0, 0.05) is 15.6 Å². The Hall–Kier alpha value is -3.52. The molecule has 0 fully saturated rings. The Labute approximate surface area is 186 Å². The van der Waals surface area contributed by atoms with E-state index in [1.54, 1.807) is 36.4 Å². The van der Waals surface area contributed by atoms with Crippen molar-refractivity contribution in [2.75, 3.05) is 7.11 Å². The molecule has 4 aromatic rings. The van der Waals surface area contributed by atoms with Crippen molar-refractivity contribution in [2.24, 2.45) is 0 Å². The quantitative estimate of drug-likeness (QED) is 0.411. The number of nitrogens with zero attached hydrogens (tertiary/aromatic N) is 2. The highest BCUT2D eigenvalue weighted by molar-refractivity contribution is 9.10. The van der Waals surface area contributed by atoms with Crippen LogP contribution in [0.2, 0.25) is 0 Å². The average molecular weight is 482 g/mol. The average Bonchev–Trinajstić information content (AvgIpc) is 3.28. The molecule has 0 saturated heterocycles. The Morgan fingerprint density at radius 1 is 1.06 bits per heavy atom. The topological polar surface area (TPSA) is 77.2 Å². The predicted octanol–water partition coefficient (Wildman–Crippen LogP) is 5.17. The summed E-state index contributed by atoms with van der Waals surface area (Å²) in [5.41, 5.74) is 1.20. The van der Waals surface area contributed by atoms with Gasteiger partial charge < -0.3 is 14.5 Å². The van der Waals surface area contributed by atoms with Crippen molar-refractivity contribution in [3.8, 4) is 17.2 Å². The third-order valence-electron chi connectivity index (χ3n) is 4.61. The first-order valence-corrected chi connectivity index (χ1v) is 10.1. The molecule has 1 heterocycles. The molecule has 0 spiro atoms. The van der Waals surface area contributed by atoms with E-state index in [0.717, 1.165) is 0 Å². The van der Waals surface area contributed by atoms with Crippen LogP contribution in [0.15, 0.2) is 81.7 Å². The molecule has 3 aromatic carbocycles. The number of carbonyl (C=O) groups is 1. The summed E-state index contributed by atoms with van der Waals surface area (Å²) in [6.45, 7) is 0. The zero-order valence-corrected chi connectivity index (χ0v) is 18.0. The molecular weight excluding hydrogens is 465 g/mol. The van der Waals surface area contributed by atoms with Gasteiger partial charge >= 0.3 is 0 Å². The number of hydrogen-bond donors (Lipinski definition) is 1. The molecule has 1 atom stereocenters. The number of carbonyl (C=O) groups excluding carboxylic acids is 1. The van der Waals surface area contributed by atoms with E-state index < -0.39 is 17.8 Å². The van der Waals surface area contributed by atoms with Crippen LogP contribution in [0.3, 0.4) is 0 Å². The second-order valence-electron chi connectivity index (χ2n) is 6.58. The number of benzene rings is 3. The standard InChI is InChI=1S/C23H17BrFN3O3/c1-30-19-12-11-15(24)13-17(19)21(29)26-20(16-9-5-6-10-18(16)25)23-28-27-22(31-23)14-7-3-2-4-8-14/h2-13,20H,1H3,(H,26,29)/t20-/m0/s1. The first kappa shape index (κ1) is 20.7. The fourth-order valence-electron chi connectivity index (χ4n) is 3.10. The van der Waals surface area contributed by atoms with Crippen LogP contribution in [0, 0.1) is 5.82 Å². The fraction of sp³-hybridized carbons (Fsp3) is 0.0870. The van der Waals surface area contributed by atoms with E-state index in [2.05, 4.69) is 31.4 Å². The van der Waals surface area contributed by atoms with Crippen molar-refractivity contribution in [3.05, 3.63) is 100 Å². The molecule has 0 aliphatic carbocycles. The minimum absolute atomic E-state index is 0.0614. The molecule has 156 valence electrons. The van der Waals surface area contributed by atoms with Crippen molar-refractivity contribution >= 4 is 21.8 Å². The number of ether oxygens (including phenoxy) is 1. The summed E-state index contributed by atoms with van der Waals surface area (Å²) in [4.78, 5) is 13.1. The Kier molecular flexibility index (Phi) is 6.08. The highest BCUT2D eigenvalue weighted by Gasteiger charge is 2.27. The van der Waals surface area contributed by atoms with Crippen molar-refractivity contribution in [3.63, 3.8) is 0 Å². The number of halogens is 2. The molecule has 0 bridgehead atoms. The van der Waals surface area contributed by atoms with E-state index in [-0.39, 0.29) is 22.9 Å². The Morgan fingerprint density at radius 3 is 2.55 bits per heavy atom. The number of hydrogen-bond acceptors (Lipinski definition) is 5. The molecule has 31 heavy (non-hydrogen) atoms. The van der Waals surface area contributed by atoms with E-state index in [1.165, 1.54) is 13.2 Å². The number of nitrogens with one attached hydrogen (secondary N) is 1. The summed E-state index contributed by atoms with van der Waals surface area (Å²) in [6, 6.07) is 19.3. The van der Waals surface area contributed by atoms with Gasteiger partial charge in [-0.15, -0.1) is 10.2 Å². The van der Waals surface area contributed by atoms with Crippen LogP contribution in [0.4, 0.5) is 4.39 Å². The number of amides is 1. The van der Waals surface area contributed by atoms with Crippen molar-refractivity contribution in [2.45, 2.75) is 6.04 Å². The van der Waals surface area contributed by atoms with Crippen molar-refractivity contribution in [1.82, 2.24) is 15.5 Å². The third kappa shape index (κ3) is 4.49. The van der Waals surface area contributed by atoms with Crippen LogP contribution in [-0.2, 0) is 0 Å². The van der Waals surface area contributed by atoms with Crippen LogP contribution in [0.5, 0.6) is 5.75 Å². The van der Waals surface area contributed by atoms with E-state index in [0.29, 0.717) is 15.8 Å². The lowest BCUT2D eigenvalue weighted by Gasteiger charge is -2.17. The zero-order chi connectivity index (χ0) is 21.8. The molecule has 0 saturated carbocycles. The van der Waals surface area contributed by atoms with Gasteiger partial charge in [0.2, 0.25) is 11.8 Å². The van der Waals surface area contributed by atoms with Gasteiger partial charge in [-0.2, -0.15) is 0 Å². The van der Waals surface area contributed by atoms with Gasteiger partial charge in [0.15, 0.2) is 0 Å². The lowest BCUT2D eigenvalue weighted by molar-refractivity contribution is 0.0934. The number of aromatic nitrogens is 2. The van der Waals surface area contributed by atoms with Gasteiger partial charge in [0.05, 0.1) is 12.7 Å². The first-order chi connectivity index (χ1) is 15.1. The maximum absolute atomic E-state index is 14.6. The number of rotatable bonds is 6. The molecule has 1 amide bonds. The minimum atomic E-state index is -0.998. The van der Waals surface area contributed by atoms with Gasteiger partial charge in [0.1, 0.15) is 17.6 Å². The SMILES string of the molecule is COc1ccc(Br)cc1C(=O)N[C@H](c1nnc(-c2ccccc2)o1)c1ccccc1F. The summed E-state index contributed by atoms with van der Waals surface area (Å²) in [7, 11) is 1.47. The highest BCUT2D eigenvalue weighted by Crippen LogP contribution is 2.29. The summed E-state index contributed by atoms with van der Waals surface area (Å²) in [6.07, 6.45) is 0. The molecule has 8 heteroatoms. The van der Waals surface area contributed by atoms with Gasteiger partial charge in [-0.25, -0.2) is 4.39 Å². The molecule has 4 rings (SSSR count). The second kappa shape index (κ2) is 9.09. The van der Waals surface area contributed by atoms with Crippen molar-refractivity contribution < 1.29 is 18.3 Å². The first-order valence-electron chi connectivity index (χ1n) is 9.34. The maximum atomic E-state index is 14.6. The van der Waals surface area contributed by atoms with Crippen molar-refractivity contribution in [1.29, 1.82) is 0 Å². The molecule has 0 aliphatic rings. The van der Waals surface area contributed by atoms with Gasteiger partial charge in [-0.3, -0.25) is 4.79 Å². The van der Waals surface area contributed by atoms with Crippen LogP contribution >= 0.6 is 15.9 Å². The highest BCUT2D eigenvalue weighted by atomic mass is 79.9. The molecular formula is C23H17BrFN3O3. The smallest absolute Gasteiger partial charge is 0.255 e. The Bertz CT molecular complexity index is 1210. The van der Waals surface area contributed by atoms with Crippen LogP contribution in [0.25, 0.3) is 11.5 Å². The third-order valence-corrected chi connectivity index (χ3v) is 5.10. The van der Waals surface area contributed by atoms with Gasteiger partial charge in [-0.1, -0.05) is 52.3 Å². The van der Waals surface area contributed by atoms with Gasteiger partial charge in [0.25, 0.3) is 5.91 Å². The Morgan fingerprint density at radius 2 is 1.81 bits per heavy atom. The Balaban J connectivity index is 1.73. The summed E-state index contributed by atoms with van der Waals surface area (Å²) in [5, 5.41) is 10.9. The minimum Gasteiger partial charge on any atom is -0.496 e. The predicted molar refractivity (Wildman–Crippen MR) is 116 cm³/mol. The summed E-state index contributed by atoms with van der Waals surface area (Å²) in [5.74, 6) is -0.277. The lowest BCUT2D eigenvalue weighted by atomic mass is 10.1. The van der Waals surface area contributed by atoms with E-state index in [1.807, 2.05) is 30.3 Å². The molecule has 0 radical (unpaired) electrons. The van der Waals surface area contributed by atoms with Gasteiger partial charge in [-0.05, 0) is 36.4 Å². The lowest BCUT2D eigenvalue weighted by Crippen LogP contribution is -2.30.